The summed E-state index contributed by atoms with van der Waals surface area (Å²) < 4.78 is 36.9. The third-order valence-electron chi connectivity index (χ3n) is 10.6. The first-order valence-corrected chi connectivity index (χ1v) is 17.1. The van der Waals surface area contributed by atoms with E-state index in [9.17, 15) is 4.79 Å². The number of fused-ring (bicyclic) bond motifs is 7. The largest absolute Gasteiger partial charge is 0.496 e. The number of carbonyl (C=O) groups is 2. The number of benzene rings is 4. The van der Waals surface area contributed by atoms with Gasteiger partial charge in [-0.25, -0.2) is 0 Å². The Kier molecular flexibility index (Phi) is 9.39. The molecule has 0 saturated carbocycles. The summed E-state index contributed by atoms with van der Waals surface area (Å²) in [4.78, 5) is 33.9. The van der Waals surface area contributed by atoms with Gasteiger partial charge in [0.15, 0.2) is 28.8 Å². The number of aryl methyl sites for hydroxylation is 1. The summed E-state index contributed by atoms with van der Waals surface area (Å²) in [6.45, 7) is 4.55. The molecule has 1 fully saturated rings. The van der Waals surface area contributed by atoms with E-state index < -0.39 is 24.2 Å². The van der Waals surface area contributed by atoms with Gasteiger partial charge in [0, 0.05) is 16.7 Å². The molecule has 0 radical (unpaired) electrons. The van der Waals surface area contributed by atoms with E-state index in [0.29, 0.717) is 65.1 Å². The zero-order chi connectivity index (χ0) is 36.0. The first-order chi connectivity index (χ1) is 24.7. The summed E-state index contributed by atoms with van der Waals surface area (Å²) in [5.74, 6) is 1.98. The summed E-state index contributed by atoms with van der Waals surface area (Å²) in [6, 6.07) is 19.1. The summed E-state index contributed by atoms with van der Waals surface area (Å²) in [5.41, 5.74) is 6.19. The molecule has 3 aliphatic rings. The number of ether oxygens (including phenoxy) is 6. The van der Waals surface area contributed by atoms with E-state index in [1.54, 1.807) is 33.3 Å². The molecule has 51 heavy (non-hydrogen) atoms. The van der Waals surface area contributed by atoms with Crippen LogP contribution in [0.1, 0.15) is 61.4 Å². The maximum absolute atomic E-state index is 15.3. The molecule has 0 spiro atoms. The Bertz CT molecular complexity index is 1960. The standard InChI is InChI=1S/C41H44N2O8/c1-23-18-27-19-28-41(45)43-29(22-50-20-25-14-10-8-11-15-25)31-32(37(47-5)24(2)38(48-6)39(31)49-7)35(44)34(43)33(42(28)3)30(27)40(36(23)46-4)51-21-26-16-12-9-13-17-26/h8-18,28-29,33-34H,19-22H2,1-7H3/t28-,29-,33?,34-/m0/s1. The van der Waals surface area contributed by atoms with E-state index in [2.05, 4.69) is 6.07 Å². The average molecular weight is 693 g/mol. The lowest BCUT2D eigenvalue weighted by Crippen LogP contribution is -2.68. The molecule has 3 heterocycles. The van der Waals surface area contributed by atoms with Crippen molar-refractivity contribution in [3.05, 3.63) is 111 Å². The van der Waals surface area contributed by atoms with E-state index in [0.717, 1.165) is 27.8 Å². The van der Waals surface area contributed by atoms with Crippen molar-refractivity contribution in [1.29, 1.82) is 0 Å². The summed E-state index contributed by atoms with van der Waals surface area (Å²) in [6.07, 6.45) is 0.438. The number of ketones is 1. The van der Waals surface area contributed by atoms with Gasteiger partial charge in [-0.1, -0.05) is 66.7 Å². The van der Waals surface area contributed by atoms with Gasteiger partial charge >= 0.3 is 0 Å². The molecule has 0 aromatic heterocycles. The molecule has 266 valence electrons. The van der Waals surface area contributed by atoms with Crippen molar-refractivity contribution >= 4 is 11.7 Å². The number of nitrogens with zero attached hydrogens (tertiary/aromatic N) is 2. The number of rotatable bonds is 11. The molecule has 2 bridgehead atoms. The number of piperazine rings is 1. The highest BCUT2D eigenvalue weighted by Gasteiger charge is 2.59. The molecule has 1 unspecified atom stereocenters. The molecular formula is C41H44N2O8. The van der Waals surface area contributed by atoms with Crippen LogP contribution in [0, 0.1) is 13.8 Å². The number of Topliss-reactive ketones (excluding diaryl/α,β-unsaturated/α-hetero) is 1. The topological polar surface area (TPSA) is 96.0 Å². The number of likely N-dealkylation sites (N-methyl/N-ethyl adjacent to an activating group) is 1. The predicted molar refractivity (Wildman–Crippen MR) is 191 cm³/mol. The average Bonchev–Trinajstić information content (AvgIpc) is 3.14. The first kappa shape index (κ1) is 34.4. The molecule has 1 saturated heterocycles. The van der Waals surface area contributed by atoms with E-state index in [1.165, 1.54) is 0 Å². The molecule has 4 aromatic carbocycles. The maximum Gasteiger partial charge on any atom is 0.241 e. The SMILES string of the molecule is COc1c(C)cc2c(c1OCc1ccccc1)C1[C@H]3C(=O)c4c(OC)c(C)c(OC)c(OC)c4[C@H](COCc4ccccc4)N3C(=O)[C@H](C2)N1C. The maximum atomic E-state index is 15.3. The van der Waals surface area contributed by atoms with Crippen LogP contribution in [-0.2, 0) is 29.2 Å². The van der Waals surface area contributed by atoms with Gasteiger partial charge in [0.05, 0.1) is 65.3 Å². The first-order valence-electron chi connectivity index (χ1n) is 17.1. The fourth-order valence-electron chi connectivity index (χ4n) is 8.34. The van der Waals surface area contributed by atoms with Gasteiger partial charge in [-0.15, -0.1) is 0 Å². The Morgan fingerprint density at radius 2 is 1.31 bits per heavy atom. The van der Waals surface area contributed by atoms with Crippen LogP contribution in [0.15, 0.2) is 66.7 Å². The molecule has 7 rings (SSSR count). The Morgan fingerprint density at radius 3 is 1.92 bits per heavy atom. The molecule has 0 aliphatic carbocycles. The van der Waals surface area contributed by atoms with Crippen molar-refractivity contribution in [2.75, 3.05) is 42.1 Å². The Balaban J connectivity index is 1.43. The van der Waals surface area contributed by atoms with Crippen LogP contribution in [0.5, 0.6) is 28.7 Å². The second-order valence-corrected chi connectivity index (χ2v) is 13.3. The van der Waals surface area contributed by atoms with Gasteiger partial charge < -0.3 is 33.3 Å². The molecule has 0 N–H and O–H groups in total. The minimum Gasteiger partial charge on any atom is -0.496 e. The van der Waals surface area contributed by atoms with Crippen molar-refractivity contribution in [3.63, 3.8) is 0 Å². The molecule has 10 nitrogen and oxygen atoms in total. The van der Waals surface area contributed by atoms with Crippen LogP contribution in [-0.4, -0.2) is 75.7 Å². The third-order valence-corrected chi connectivity index (χ3v) is 10.6. The van der Waals surface area contributed by atoms with Crippen molar-refractivity contribution in [2.24, 2.45) is 0 Å². The minimum atomic E-state index is -0.937. The van der Waals surface area contributed by atoms with Crippen molar-refractivity contribution in [2.45, 2.75) is 57.6 Å². The van der Waals surface area contributed by atoms with Crippen LogP contribution in [0.3, 0.4) is 0 Å². The number of hydrogen-bond acceptors (Lipinski definition) is 9. The minimum absolute atomic E-state index is 0.105. The third kappa shape index (κ3) is 5.57. The lowest BCUT2D eigenvalue weighted by molar-refractivity contribution is -0.156. The fraction of sp³-hybridized carbons (Fsp3) is 0.366. The monoisotopic (exact) mass is 692 g/mol. The normalized spacial score (nSPS) is 20.6. The van der Waals surface area contributed by atoms with Gasteiger partial charge in [0.2, 0.25) is 5.91 Å². The van der Waals surface area contributed by atoms with Gasteiger partial charge in [0.1, 0.15) is 18.4 Å². The highest BCUT2D eigenvalue weighted by atomic mass is 16.5. The van der Waals surface area contributed by atoms with Crippen molar-refractivity contribution in [1.82, 2.24) is 9.80 Å². The fourth-order valence-corrected chi connectivity index (χ4v) is 8.34. The zero-order valence-corrected chi connectivity index (χ0v) is 30.1. The van der Waals surface area contributed by atoms with Crippen LogP contribution in [0.4, 0.5) is 0 Å². The molecule has 1 amide bonds. The van der Waals surface area contributed by atoms with Crippen LogP contribution in [0.25, 0.3) is 0 Å². The van der Waals surface area contributed by atoms with E-state index in [-0.39, 0.29) is 18.3 Å². The molecule has 10 heteroatoms. The molecule has 3 aliphatic heterocycles. The van der Waals surface area contributed by atoms with Crippen LogP contribution >= 0.6 is 0 Å². The van der Waals surface area contributed by atoms with Gasteiger partial charge in [-0.3, -0.25) is 14.5 Å². The molecular weight excluding hydrogens is 648 g/mol. The number of carbonyl (C=O) groups excluding carboxylic acids is 2. The van der Waals surface area contributed by atoms with Gasteiger partial charge in [0.25, 0.3) is 0 Å². The highest BCUT2D eigenvalue weighted by molar-refractivity contribution is 6.10. The Hall–Kier alpha value is -5.06. The Morgan fingerprint density at radius 1 is 0.706 bits per heavy atom. The number of hydrogen-bond donors (Lipinski definition) is 0. The predicted octanol–water partition coefficient (Wildman–Crippen LogP) is 6.18. The quantitative estimate of drug-likeness (QED) is 0.183. The van der Waals surface area contributed by atoms with E-state index in [1.807, 2.05) is 86.5 Å². The van der Waals surface area contributed by atoms with Crippen molar-refractivity contribution in [3.8, 4) is 28.7 Å². The van der Waals surface area contributed by atoms with Crippen LogP contribution in [0.2, 0.25) is 0 Å². The second kappa shape index (κ2) is 13.9. The van der Waals surface area contributed by atoms with E-state index >= 15 is 4.79 Å². The van der Waals surface area contributed by atoms with Gasteiger partial charge in [-0.2, -0.15) is 0 Å². The van der Waals surface area contributed by atoms with Crippen molar-refractivity contribution < 1.29 is 38.0 Å². The number of amides is 1. The Labute approximate surface area is 298 Å². The highest BCUT2D eigenvalue weighted by Crippen LogP contribution is 2.57. The lowest BCUT2D eigenvalue weighted by Gasteiger charge is -2.56. The van der Waals surface area contributed by atoms with E-state index in [4.69, 9.17) is 28.4 Å². The van der Waals surface area contributed by atoms with Crippen LogP contribution < -0.4 is 23.7 Å². The summed E-state index contributed by atoms with van der Waals surface area (Å²) in [5, 5.41) is 0. The van der Waals surface area contributed by atoms with Gasteiger partial charge in [-0.05, 0) is 49.6 Å². The summed E-state index contributed by atoms with van der Waals surface area (Å²) >= 11 is 0. The lowest BCUT2D eigenvalue weighted by atomic mass is 9.73. The molecule has 4 atom stereocenters. The second-order valence-electron chi connectivity index (χ2n) is 13.3. The summed E-state index contributed by atoms with van der Waals surface area (Å²) in [7, 11) is 8.19. The zero-order valence-electron chi connectivity index (χ0n) is 30.1. The molecule has 4 aromatic rings. The number of methoxy groups -OCH3 is 4. The smallest absolute Gasteiger partial charge is 0.241 e.